The topological polar surface area (TPSA) is 32.3 Å². The van der Waals surface area contributed by atoms with Gasteiger partial charge in [0.25, 0.3) is 5.91 Å². The van der Waals surface area contributed by atoms with E-state index in [9.17, 15) is 13.6 Å². The van der Waals surface area contributed by atoms with Crippen LogP contribution in [-0.4, -0.2) is 36.5 Å². The van der Waals surface area contributed by atoms with Crippen LogP contribution in [0.2, 0.25) is 0 Å². The van der Waals surface area contributed by atoms with Gasteiger partial charge in [-0.15, -0.1) is 0 Å². The molecule has 20 heavy (non-hydrogen) atoms. The fourth-order valence-electron chi connectivity index (χ4n) is 2.51. The molecule has 0 radical (unpaired) electrons. The van der Waals surface area contributed by atoms with Gasteiger partial charge in [-0.2, -0.15) is 0 Å². The molecule has 110 valence electrons. The van der Waals surface area contributed by atoms with Crippen LogP contribution in [-0.2, 0) is 0 Å². The van der Waals surface area contributed by atoms with Crippen LogP contribution in [0.25, 0.3) is 0 Å². The van der Waals surface area contributed by atoms with E-state index >= 15 is 0 Å². The molecule has 0 aliphatic carbocycles. The molecule has 1 unspecified atom stereocenters. The molecular weight excluding hydrogens is 262 g/mol. The molecule has 1 atom stereocenters. The zero-order chi connectivity index (χ0) is 14.5. The number of piperidine rings is 1. The van der Waals surface area contributed by atoms with Crippen LogP contribution in [0.4, 0.5) is 8.78 Å². The molecule has 0 spiro atoms. The summed E-state index contributed by atoms with van der Waals surface area (Å²) < 4.78 is 26.1. The fourth-order valence-corrected chi connectivity index (χ4v) is 2.51. The van der Waals surface area contributed by atoms with Gasteiger partial charge in [0.05, 0.1) is 0 Å². The minimum Gasteiger partial charge on any atom is -0.337 e. The predicted molar refractivity (Wildman–Crippen MR) is 73.6 cm³/mol. The Morgan fingerprint density at radius 1 is 1.35 bits per heavy atom. The maximum absolute atomic E-state index is 13.2. The summed E-state index contributed by atoms with van der Waals surface area (Å²) in [4.78, 5) is 14.0. The van der Waals surface area contributed by atoms with Crippen molar-refractivity contribution in [3.63, 3.8) is 0 Å². The van der Waals surface area contributed by atoms with Crippen molar-refractivity contribution in [2.45, 2.75) is 32.2 Å². The summed E-state index contributed by atoms with van der Waals surface area (Å²) in [6, 6.07) is 3.58. The number of hydrogen-bond acceptors (Lipinski definition) is 2. The van der Waals surface area contributed by atoms with Crippen molar-refractivity contribution < 1.29 is 13.6 Å². The molecule has 1 heterocycles. The predicted octanol–water partition coefficient (Wildman–Crippen LogP) is 2.57. The largest absolute Gasteiger partial charge is 0.337 e. The third-order valence-electron chi connectivity index (χ3n) is 3.69. The highest BCUT2D eigenvalue weighted by atomic mass is 19.2. The second-order valence-corrected chi connectivity index (χ2v) is 5.12. The van der Waals surface area contributed by atoms with Crippen molar-refractivity contribution in [3.05, 3.63) is 35.4 Å². The summed E-state index contributed by atoms with van der Waals surface area (Å²) >= 11 is 0. The van der Waals surface area contributed by atoms with Gasteiger partial charge in [0, 0.05) is 24.7 Å². The molecule has 0 saturated carbocycles. The van der Waals surface area contributed by atoms with E-state index in [1.54, 1.807) is 4.90 Å². The number of carbonyl (C=O) groups excluding carboxylic acids is 1. The van der Waals surface area contributed by atoms with E-state index < -0.39 is 11.6 Å². The first-order chi connectivity index (χ1) is 9.61. The Labute approximate surface area is 118 Å². The summed E-state index contributed by atoms with van der Waals surface area (Å²) in [5.74, 6) is -2.17. The molecule has 1 saturated heterocycles. The number of rotatable bonds is 4. The number of amides is 1. The fraction of sp³-hybridized carbons (Fsp3) is 0.533. The maximum Gasteiger partial charge on any atom is 0.254 e. The summed E-state index contributed by atoms with van der Waals surface area (Å²) in [6.45, 7) is 4.02. The molecule has 1 aliphatic rings. The summed E-state index contributed by atoms with van der Waals surface area (Å²) in [5, 5.41) is 3.38. The van der Waals surface area contributed by atoms with E-state index in [1.165, 1.54) is 12.5 Å². The molecule has 0 bridgehead atoms. The maximum atomic E-state index is 13.2. The lowest BCUT2D eigenvalue weighted by Gasteiger charge is -2.30. The highest BCUT2D eigenvalue weighted by Crippen LogP contribution is 2.13. The van der Waals surface area contributed by atoms with Crippen molar-refractivity contribution in [3.8, 4) is 0 Å². The Morgan fingerprint density at radius 3 is 2.75 bits per heavy atom. The first kappa shape index (κ1) is 14.9. The molecule has 2 rings (SSSR count). The lowest BCUT2D eigenvalue weighted by molar-refractivity contribution is 0.0741. The Balaban J connectivity index is 2.05. The number of likely N-dealkylation sites (N-methyl/N-ethyl adjacent to an activating group) is 1. The smallest absolute Gasteiger partial charge is 0.254 e. The molecule has 0 aromatic heterocycles. The number of nitrogens with zero attached hydrogens (tertiary/aromatic N) is 1. The van der Waals surface area contributed by atoms with Crippen molar-refractivity contribution in [2.75, 3.05) is 19.6 Å². The number of benzene rings is 1. The number of halogens is 2. The Bertz CT molecular complexity index is 473. The Morgan fingerprint density at radius 2 is 2.15 bits per heavy atom. The SMILES string of the molecule is CCN(CC1CCCCN1)C(=O)c1ccc(F)c(F)c1. The van der Waals surface area contributed by atoms with Gasteiger partial charge in [-0.25, -0.2) is 8.78 Å². The van der Waals surface area contributed by atoms with E-state index in [1.807, 2.05) is 6.92 Å². The van der Waals surface area contributed by atoms with E-state index in [0.717, 1.165) is 31.5 Å². The molecule has 1 aromatic rings. The van der Waals surface area contributed by atoms with Crippen molar-refractivity contribution >= 4 is 5.91 Å². The van der Waals surface area contributed by atoms with Gasteiger partial charge in [-0.1, -0.05) is 6.42 Å². The first-order valence-corrected chi connectivity index (χ1v) is 7.09. The van der Waals surface area contributed by atoms with Gasteiger partial charge in [0.2, 0.25) is 0 Å². The van der Waals surface area contributed by atoms with E-state index in [-0.39, 0.29) is 17.5 Å². The van der Waals surface area contributed by atoms with Crippen molar-refractivity contribution in [2.24, 2.45) is 0 Å². The number of hydrogen-bond donors (Lipinski definition) is 1. The highest BCUT2D eigenvalue weighted by molar-refractivity contribution is 5.94. The molecule has 1 aromatic carbocycles. The Kier molecular flexibility index (Phi) is 5.06. The van der Waals surface area contributed by atoms with Gasteiger partial charge in [-0.3, -0.25) is 4.79 Å². The third-order valence-corrected chi connectivity index (χ3v) is 3.69. The van der Waals surface area contributed by atoms with Crippen molar-refractivity contribution in [1.82, 2.24) is 10.2 Å². The van der Waals surface area contributed by atoms with Crippen LogP contribution >= 0.6 is 0 Å². The average molecular weight is 282 g/mol. The lowest BCUT2D eigenvalue weighted by atomic mass is 10.0. The van der Waals surface area contributed by atoms with Gasteiger partial charge >= 0.3 is 0 Å². The minimum atomic E-state index is -0.984. The molecule has 3 nitrogen and oxygen atoms in total. The van der Waals surface area contributed by atoms with Gasteiger partial charge < -0.3 is 10.2 Å². The summed E-state index contributed by atoms with van der Waals surface area (Å²) in [5.41, 5.74) is 0.196. The zero-order valence-corrected chi connectivity index (χ0v) is 11.7. The van der Waals surface area contributed by atoms with E-state index in [2.05, 4.69) is 5.32 Å². The lowest BCUT2D eigenvalue weighted by Crippen LogP contribution is -2.45. The molecule has 1 fully saturated rings. The van der Waals surface area contributed by atoms with Gasteiger partial charge in [-0.05, 0) is 44.5 Å². The molecule has 1 amide bonds. The molecular formula is C15H20F2N2O. The van der Waals surface area contributed by atoms with Crippen LogP contribution in [0.15, 0.2) is 18.2 Å². The zero-order valence-electron chi connectivity index (χ0n) is 11.7. The van der Waals surface area contributed by atoms with Crippen molar-refractivity contribution in [1.29, 1.82) is 0 Å². The third kappa shape index (κ3) is 3.54. The standard InChI is InChI=1S/C15H20F2N2O/c1-2-19(10-12-5-3-4-8-18-12)15(20)11-6-7-13(16)14(17)9-11/h6-7,9,12,18H,2-5,8,10H2,1H3. The van der Waals surface area contributed by atoms with Crippen LogP contribution in [0, 0.1) is 11.6 Å². The molecule has 5 heteroatoms. The normalized spacial score (nSPS) is 18.9. The van der Waals surface area contributed by atoms with Crippen LogP contribution in [0.5, 0.6) is 0 Å². The number of nitrogens with one attached hydrogen (secondary N) is 1. The first-order valence-electron chi connectivity index (χ1n) is 7.09. The quantitative estimate of drug-likeness (QED) is 0.920. The molecule has 1 N–H and O–H groups in total. The van der Waals surface area contributed by atoms with Gasteiger partial charge in [0.1, 0.15) is 0 Å². The van der Waals surface area contributed by atoms with Crippen LogP contribution in [0.3, 0.4) is 0 Å². The van der Waals surface area contributed by atoms with E-state index in [4.69, 9.17) is 0 Å². The molecule has 1 aliphatic heterocycles. The minimum absolute atomic E-state index is 0.196. The van der Waals surface area contributed by atoms with Crippen LogP contribution in [0.1, 0.15) is 36.5 Å². The highest BCUT2D eigenvalue weighted by Gasteiger charge is 2.21. The second-order valence-electron chi connectivity index (χ2n) is 5.12. The monoisotopic (exact) mass is 282 g/mol. The second kappa shape index (κ2) is 6.79. The van der Waals surface area contributed by atoms with E-state index in [0.29, 0.717) is 13.1 Å². The number of carbonyl (C=O) groups is 1. The summed E-state index contributed by atoms with van der Waals surface area (Å²) in [7, 11) is 0. The Hall–Kier alpha value is -1.49. The summed E-state index contributed by atoms with van der Waals surface area (Å²) in [6.07, 6.45) is 3.37. The van der Waals surface area contributed by atoms with Gasteiger partial charge in [0.15, 0.2) is 11.6 Å². The van der Waals surface area contributed by atoms with Crippen LogP contribution < -0.4 is 5.32 Å². The average Bonchev–Trinajstić information content (AvgIpc) is 2.48.